The summed E-state index contributed by atoms with van der Waals surface area (Å²) in [4.78, 5) is 24.3. The Balaban J connectivity index is 1.02. The van der Waals surface area contributed by atoms with Gasteiger partial charge in [-0.05, 0) is 73.5 Å². The maximum Gasteiger partial charge on any atom is 0.225 e. The molecule has 1 aromatic heterocycles. The third-order valence-corrected chi connectivity index (χ3v) is 9.00. The average Bonchev–Trinajstić information content (AvgIpc) is 3.66. The molecule has 188 valence electrons. The highest BCUT2D eigenvalue weighted by Gasteiger charge is 2.35. The van der Waals surface area contributed by atoms with E-state index in [4.69, 9.17) is 9.72 Å². The lowest BCUT2D eigenvalue weighted by Crippen LogP contribution is -2.51. The predicted molar refractivity (Wildman–Crippen MR) is 142 cm³/mol. The molecule has 36 heavy (non-hydrogen) atoms. The summed E-state index contributed by atoms with van der Waals surface area (Å²) in [5, 5.41) is 0. The fraction of sp³-hybridized carbons (Fsp3) is 0.533. The van der Waals surface area contributed by atoms with E-state index in [0.717, 1.165) is 58.7 Å². The molecule has 0 spiro atoms. The normalized spacial score (nSPS) is 23.4. The molecule has 5 aliphatic rings. The molecule has 1 amide bonds. The monoisotopic (exact) mass is 484 g/mol. The van der Waals surface area contributed by atoms with E-state index in [9.17, 15) is 4.79 Å². The zero-order valence-corrected chi connectivity index (χ0v) is 21.1. The molecule has 0 unspecified atom stereocenters. The van der Waals surface area contributed by atoms with Crippen molar-refractivity contribution in [3.8, 4) is 0 Å². The van der Waals surface area contributed by atoms with Crippen molar-refractivity contribution in [3.63, 3.8) is 0 Å². The number of carbonyl (C=O) groups is 1. The van der Waals surface area contributed by atoms with E-state index in [1.807, 2.05) is 6.20 Å². The number of likely N-dealkylation sites (tertiary alicyclic amines) is 1. The number of piperazine rings is 1. The lowest BCUT2D eigenvalue weighted by Gasteiger charge is -2.41. The summed E-state index contributed by atoms with van der Waals surface area (Å²) < 4.78 is 5.38. The van der Waals surface area contributed by atoms with Gasteiger partial charge in [0.1, 0.15) is 0 Å². The minimum Gasteiger partial charge on any atom is -0.378 e. The number of hydrogen-bond donors (Lipinski definition) is 0. The first-order chi connectivity index (χ1) is 17.7. The molecule has 0 radical (unpaired) electrons. The van der Waals surface area contributed by atoms with Crippen molar-refractivity contribution in [2.45, 2.75) is 44.1 Å². The summed E-state index contributed by atoms with van der Waals surface area (Å²) >= 11 is 0. The Morgan fingerprint density at radius 1 is 0.889 bits per heavy atom. The van der Waals surface area contributed by atoms with Gasteiger partial charge in [-0.25, -0.2) is 0 Å². The van der Waals surface area contributed by atoms with Crippen LogP contribution < -0.4 is 4.90 Å². The Kier molecular flexibility index (Phi) is 5.82. The van der Waals surface area contributed by atoms with Gasteiger partial charge in [-0.2, -0.15) is 0 Å². The van der Waals surface area contributed by atoms with Gasteiger partial charge in [-0.15, -0.1) is 0 Å². The van der Waals surface area contributed by atoms with E-state index >= 15 is 0 Å². The molecule has 2 aromatic rings. The quantitative estimate of drug-likeness (QED) is 0.646. The van der Waals surface area contributed by atoms with Gasteiger partial charge in [-0.3, -0.25) is 14.7 Å². The van der Waals surface area contributed by atoms with Gasteiger partial charge in [-0.1, -0.05) is 24.3 Å². The van der Waals surface area contributed by atoms with E-state index in [0.29, 0.717) is 23.8 Å². The van der Waals surface area contributed by atoms with Gasteiger partial charge in [0.25, 0.3) is 0 Å². The predicted octanol–water partition coefficient (Wildman–Crippen LogP) is 3.82. The molecule has 0 N–H and O–H groups in total. The molecule has 6 nitrogen and oxygen atoms in total. The van der Waals surface area contributed by atoms with Crippen LogP contribution in [-0.4, -0.2) is 79.2 Å². The molecular weight excluding hydrogens is 448 g/mol. The summed E-state index contributed by atoms with van der Waals surface area (Å²) in [7, 11) is 0. The molecule has 7 rings (SSSR count). The number of hydrogen-bond acceptors (Lipinski definition) is 5. The Morgan fingerprint density at radius 2 is 1.64 bits per heavy atom. The molecule has 4 heterocycles. The van der Waals surface area contributed by atoms with Crippen LogP contribution in [0.2, 0.25) is 0 Å². The zero-order chi connectivity index (χ0) is 24.1. The second kappa shape index (κ2) is 9.31. The molecule has 0 atom stereocenters. The number of piperidine rings is 1. The smallest absolute Gasteiger partial charge is 0.225 e. The van der Waals surface area contributed by atoms with Gasteiger partial charge in [0.05, 0.1) is 24.9 Å². The number of aromatic nitrogens is 1. The standard InChI is InChI=1S/C30H36N4O2/c35-30(24-5-6-24)34-15-13-33(14-16-34)29-7-10-31-28-18-25(17-27(28)29)22-3-1-21(2-4-22)23-8-11-32(12-9-23)26-19-36-20-26/h1-4,7,10,17,23-24,26H,5-6,8-9,11-16,18-20H2. The number of rotatable bonds is 5. The van der Waals surface area contributed by atoms with Gasteiger partial charge < -0.3 is 14.5 Å². The SMILES string of the molecule is O=C(C1CC1)N1CCN(c2ccnc3c2C=C(c2ccc(C4CCN(C5COC5)CC4)cc2)C3)CC1. The van der Waals surface area contributed by atoms with E-state index < -0.39 is 0 Å². The van der Waals surface area contributed by atoms with E-state index in [-0.39, 0.29) is 0 Å². The lowest BCUT2D eigenvalue weighted by atomic mass is 9.87. The summed E-state index contributed by atoms with van der Waals surface area (Å²) in [6.07, 6.45) is 9.87. The van der Waals surface area contributed by atoms with Gasteiger partial charge >= 0.3 is 0 Å². The molecular formula is C30H36N4O2. The Morgan fingerprint density at radius 3 is 2.31 bits per heavy atom. The fourth-order valence-corrected chi connectivity index (χ4v) is 6.43. The minimum absolute atomic E-state index is 0.314. The number of allylic oxidation sites excluding steroid dienone is 1. The molecule has 3 saturated heterocycles. The molecule has 4 fully saturated rings. The second-order valence-corrected chi connectivity index (χ2v) is 11.2. The third-order valence-electron chi connectivity index (χ3n) is 9.00. The van der Waals surface area contributed by atoms with Gasteiger partial charge in [0.15, 0.2) is 0 Å². The van der Waals surface area contributed by atoms with Crippen LogP contribution in [-0.2, 0) is 16.0 Å². The topological polar surface area (TPSA) is 48.9 Å². The molecule has 6 heteroatoms. The molecule has 0 bridgehead atoms. The second-order valence-electron chi connectivity index (χ2n) is 11.2. The summed E-state index contributed by atoms with van der Waals surface area (Å²) in [5.41, 5.74) is 7.87. The Bertz CT molecular complexity index is 1150. The number of pyridine rings is 1. The first-order valence-corrected chi connectivity index (χ1v) is 13.9. The third kappa shape index (κ3) is 4.24. The Labute approximate surface area is 213 Å². The minimum atomic E-state index is 0.314. The van der Waals surface area contributed by atoms with Crippen LogP contribution in [0.15, 0.2) is 36.5 Å². The van der Waals surface area contributed by atoms with Crippen LogP contribution in [0.3, 0.4) is 0 Å². The van der Waals surface area contributed by atoms with Crippen LogP contribution in [0, 0.1) is 5.92 Å². The van der Waals surface area contributed by atoms with Crippen molar-refractivity contribution in [2.24, 2.45) is 5.92 Å². The zero-order valence-electron chi connectivity index (χ0n) is 21.1. The summed E-state index contributed by atoms with van der Waals surface area (Å²) in [6, 6.07) is 12.2. The summed E-state index contributed by atoms with van der Waals surface area (Å²) in [6.45, 7) is 7.69. The van der Waals surface area contributed by atoms with Crippen molar-refractivity contribution in [1.82, 2.24) is 14.8 Å². The number of nitrogens with zero attached hydrogens (tertiary/aromatic N) is 4. The number of carbonyl (C=O) groups excluding carboxylic acids is 1. The van der Waals surface area contributed by atoms with E-state index in [1.54, 1.807) is 0 Å². The van der Waals surface area contributed by atoms with E-state index in [2.05, 4.69) is 51.1 Å². The number of fused-ring (bicyclic) bond motifs is 1. The molecule has 3 aliphatic heterocycles. The number of ether oxygens (including phenoxy) is 1. The highest BCUT2D eigenvalue weighted by Crippen LogP contribution is 2.38. The van der Waals surface area contributed by atoms with Crippen LogP contribution in [0.1, 0.15) is 54.0 Å². The molecule has 1 saturated carbocycles. The molecule has 2 aliphatic carbocycles. The van der Waals surface area contributed by atoms with Crippen molar-refractivity contribution < 1.29 is 9.53 Å². The van der Waals surface area contributed by atoms with Crippen LogP contribution >= 0.6 is 0 Å². The number of benzene rings is 1. The maximum atomic E-state index is 12.5. The molecule has 1 aromatic carbocycles. The maximum absolute atomic E-state index is 12.5. The first-order valence-electron chi connectivity index (χ1n) is 13.9. The van der Waals surface area contributed by atoms with Crippen LogP contribution in [0.5, 0.6) is 0 Å². The summed E-state index contributed by atoms with van der Waals surface area (Å²) in [5.74, 6) is 1.36. The van der Waals surface area contributed by atoms with Crippen molar-refractivity contribution in [3.05, 3.63) is 58.9 Å². The van der Waals surface area contributed by atoms with Crippen LogP contribution in [0.4, 0.5) is 5.69 Å². The largest absolute Gasteiger partial charge is 0.378 e. The van der Waals surface area contributed by atoms with Crippen LogP contribution in [0.25, 0.3) is 11.6 Å². The number of anilines is 1. The van der Waals surface area contributed by atoms with Crippen molar-refractivity contribution in [2.75, 3.05) is 57.4 Å². The van der Waals surface area contributed by atoms with Gasteiger partial charge in [0.2, 0.25) is 5.91 Å². The lowest BCUT2D eigenvalue weighted by molar-refractivity contribution is -0.132. The average molecular weight is 485 g/mol. The van der Waals surface area contributed by atoms with Crippen molar-refractivity contribution >= 4 is 23.2 Å². The van der Waals surface area contributed by atoms with Gasteiger partial charge in [0, 0.05) is 56.0 Å². The highest BCUT2D eigenvalue weighted by atomic mass is 16.5. The highest BCUT2D eigenvalue weighted by molar-refractivity contribution is 5.92. The fourth-order valence-electron chi connectivity index (χ4n) is 6.43. The number of amides is 1. The van der Waals surface area contributed by atoms with Crippen molar-refractivity contribution in [1.29, 1.82) is 0 Å². The van der Waals surface area contributed by atoms with E-state index in [1.165, 1.54) is 59.6 Å². The first kappa shape index (κ1) is 22.5. The Hall–Kier alpha value is -2.70.